The molecule has 0 saturated carbocycles. The Kier molecular flexibility index (Phi) is 8.11. The van der Waals surface area contributed by atoms with Gasteiger partial charge in [-0.2, -0.15) is 26.3 Å². The first kappa shape index (κ1) is 25.2. The summed E-state index contributed by atoms with van der Waals surface area (Å²) in [7, 11) is 0. The molecule has 0 heterocycles. The lowest BCUT2D eigenvalue weighted by Crippen LogP contribution is -2.59. The van der Waals surface area contributed by atoms with Gasteiger partial charge in [0.05, 0.1) is 22.9 Å². The van der Waals surface area contributed by atoms with Crippen molar-refractivity contribution >= 4 is 35.1 Å². The number of carbonyl (C=O) groups is 2. The van der Waals surface area contributed by atoms with Crippen LogP contribution >= 0.6 is 23.2 Å². The van der Waals surface area contributed by atoms with Crippen molar-refractivity contribution in [3.63, 3.8) is 0 Å². The molecular weight excluding hydrogens is 467 g/mol. The third kappa shape index (κ3) is 5.84. The molecule has 0 bridgehead atoms. The van der Waals surface area contributed by atoms with E-state index in [4.69, 9.17) is 27.9 Å². The number of carbonyl (C=O) groups excluding carboxylic acids is 2. The zero-order chi connectivity index (χ0) is 22.6. The first-order valence-electron chi connectivity index (χ1n) is 7.35. The quantitative estimate of drug-likeness (QED) is 0.272. The third-order valence-corrected chi connectivity index (χ3v) is 3.83. The molecule has 1 rings (SSSR count). The molecule has 29 heavy (non-hydrogen) atoms. The largest absolute Gasteiger partial charge is 0.459 e. The Bertz CT molecular complexity index is 738. The van der Waals surface area contributed by atoms with Crippen LogP contribution in [0.25, 0.3) is 0 Å². The molecule has 0 atom stereocenters. The first-order chi connectivity index (χ1) is 13.1. The van der Waals surface area contributed by atoms with Gasteiger partial charge in [-0.25, -0.2) is 8.78 Å². The highest BCUT2D eigenvalue weighted by Gasteiger charge is 2.75. The number of alkyl halides is 8. The molecule has 0 spiro atoms. The maximum Gasteiger partial charge on any atom is 0.381 e. The smallest absolute Gasteiger partial charge is 0.381 e. The van der Waals surface area contributed by atoms with Crippen molar-refractivity contribution in [2.24, 2.45) is 0 Å². The molecule has 0 aliphatic rings. The molecule has 164 valence electrons. The van der Waals surface area contributed by atoms with Crippen LogP contribution in [-0.2, 0) is 14.3 Å². The van der Waals surface area contributed by atoms with E-state index in [1.807, 2.05) is 0 Å². The topological polar surface area (TPSA) is 52.6 Å². The van der Waals surface area contributed by atoms with Gasteiger partial charge >= 0.3 is 36.1 Å². The summed E-state index contributed by atoms with van der Waals surface area (Å²) in [5.41, 5.74) is 0. The number of ether oxygens (including phenoxy) is 2. The molecule has 0 fully saturated rings. The number of esters is 2. The van der Waals surface area contributed by atoms with E-state index in [0.29, 0.717) is 0 Å². The molecule has 0 N–H and O–H groups in total. The average Bonchev–Trinajstić information content (AvgIpc) is 2.61. The second-order valence-corrected chi connectivity index (χ2v) is 6.20. The Balaban J connectivity index is 2.61. The number of halogens is 10. The number of rotatable bonds is 9. The van der Waals surface area contributed by atoms with Gasteiger partial charge in [0.1, 0.15) is 0 Å². The predicted molar refractivity (Wildman–Crippen MR) is 83.1 cm³/mol. The fourth-order valence-corrected chi connectivity index (χ4v) is 2.14. The van der Waals surface area contributed by atoms with E-state index in [1.165, 1.54) is 18.2 Å². The van der Waals surface area contributed by atoms with Crippen LogP contribution in [0.4, 0.5) is 35.1 Å². The van der Waals surface area contributed by atoms with Crippen LogP contribution in [0.5, 0.6) is 5.75 Å². The fraction of sp³-hybridized carbons (Fsp3) is 0.467. The van der Waals surface area contributed by atoms with Gasteiger partial charge in [-0.1, -0.05) is 29.3 Å². The Morgan fingerprint density at radius 1 is 0.931 bits per heavy atom. The molecule has 0 amide bonds. The minimum atomic E-state index is -6.51. The molecule has 14 heteroatoms. The van der Waals surface area contributed by atoms with Crippen molar-refractivity contribution in [1.29, 1.82) is 0 Å². The number of para-hydroxylation sites is 1. The SMILES string of the molecule is O=C(CCC(=O)Oc1c(Cl)cccc1Cl)OCC(F)(F)C(F)(F)C(F)(F)C(F)F. The monoisotopic (exact) mass is 476 g/mol. The molecule has 1 aromatic carbocycles. The van der Waals surface area contributed by atoms with Crippen LogP contribution in [0.15, 0.2) is 18.2 Å². The Labute approximate surface area is 167 Å². The van der Waals surface area contributed by atoms with E-state index in [-0.39, 0.29) is 15.8 Å². The van der Waals surface area contributed by atoms with Crippen molar-refractivity contribution in [3.8, 4) is 5.75 Å². The van der Waals surface area contributed by atoms with Crippen LogP contribution in [0, 0.1) is 0 Å². The van der Waals surface area contributed by atoms with Crippen molar-refractivity contribution in [3.05, 3.63) is 28.2 Å². The van der Waals surface area contributed by atoms with Gasteiger partial charge in [-0.3, -0.25) is 9.59 Å². The van der Waals surface area contributed by atoms with Gasteiger partial charge in [-0.15, -0.1) is 0 Å². The van der Waals surface area contributed by atoms with E-state index >= 15 is 0 Å². The summed E-state index contributed by atoms with van der Waals surface area (Å²) in [5.74, 6) is -21.8. The van der Waals surface area contributed by atoms with Gasteiger partial charge in [0.15, 0.2) is 12.4 Å². The molecular formula is C15H10Cl2F8O4. The Morgan fingerprint density at radius 3 is 1.90 bits per heavy atom. The molecule has 0 radical (unpaired) electrons. The van der Waals surface area contributed by atoms with Crippen molar-refractivity contribution in [2.75, 3.05) is 6.61 Å². The van der Waals surface area contributed by atoms with Gasteiger partial charge < -0.3 is 9.47 Å². The average molecular weight is 477 g/mol. The predicted octanol–water partition coefficient (Wildman–Crippen LogP) is 5.39. The minimum absolute atomic E-state index is 0.0738. The Hall–Kier alpha value is -1.82. The van der Waals surface area contributed by atoms with Crippen LogP contribution in [-0.4, -0.2) is 42.7 Å². The highest BCUT2D eigenvalue weighted by atomic mass is 35.5. The molecule has 4 nitrogen and oxygen atoms in total. The fourth-order valence-electron chi connectivity index (χ4n) is 1.66. The minimum Gasteiger partial charge on any atom is -0.459 e. The summed E-state index contributed by atoms with van der Waals surface area (Å²) in [6, 6.07) is 4.04. The second-order valence-electron chi connectivity index (χ2n) is 5.39. The molecule has 1 aromatic rings. The maximum absolute atomic E-state index is 13.2. The van der Waals surface area contributed by atoms with Crippen molar-refractivity contribution < 1.29 is 54.2 Å². The summed E-state index contributed by atoms with van der Waals surface area (Å²) >= 11 is 11.4. The van der Waals surface area contributed by atoms with E-state index in [0.717, 1.165) is 0 Å². The summed E-state index contributed by atoms with van der Waals surface area (Å²) in [6.07, 6.45) is -6.88. The van der Waals surface area contributed by atoms with Crippen LogP contribution in [0.3, 0.4) is 0 Å². The van der Waals surface area contributed by atoms with Crippen molar-refractivity contribution in [2.45, 2.75) is 37.0 Å². The van der Waals surface area contributed by atoms with Gasteiger partial charge in [-0.05, 0) is 12.1 Å². The second kappa shape index (κ2) is 9.33. The summed E-state index contributed by atoms with van der Waals surface area (Å²) < 4.78 is 110. The standard InChI is InChI=1S/C15H10Cl2F8O4/c16-7-2-1-3-8(17)11(7)29-10(27)5-4-9(26)28-6-13(20,21)15(24,25)14(22,23)12(18)19/h1-3,12H,4-6H2. The van der Waals surface area contributed by atoms with Gasteiger partial charge in [0, 0.05) is 0 Å². The van der Waals surface area contributed by atoms with E-state index in [2.05, 4.69) is 4.74 Å². The zero-order valence-electron chi connectivity index (χ0n) is 13.8. The summed E-state index contributed by atoms with van der Waals surface area (Å²) in [5, 5.41) is -0.148. The lowest BCUT2D eigenvalue weighted by atomic mass is 10.1. The third-order valence-electron chi connectivity index (χ3n) is 3.23. The zero-order valence-corrected chi connectivity index (χ0v) is 15.4. The van der Waals surface area contributed by atoms with E-state index in [9.17, 15) is 44.7 Å². The van der Waals surface area contributed by atoms with Crippen LogP contribution in [0.2, 0.25) is 10.0 Å². The lowest BCUT2D eigenvalue weighted by molar-refractivity contribution is -0.344. The molecule has 0 unspecified atom stereocenters. The Morgan fingerprint density at radius 2 is 1.41 bits per heavy atom. The van der Waals surface area contributed by atoms with Crippen molar-refractivity contribution in [1.82, 2.24) is 0 Å². The summed E-state index contributed by atoms with van der Waals surface area (Å²) in [4.78, 5) is 22.9. The molecule has 0 aliphatic carbocycles. The van der Waals surface area contributed by atoms with Gasteiger partial charge in [0.2, 0.25) is 0 Å². The lowest BCUT2D eigenvalue weighted by Gasteiger charge is -2.31. The molecule has 0 aliphatic heterocycles. The van der Waals surface area contributed by atoms with Crippen LogP contribution < -0.4 is 4.74 Å². The number of benzene rings is 1. The van der Waals surface area contributed by atoms with E-state index < -0.39 is 55.6 Å². The summed E-state index contributed by atoms with van der Waals surface area (Å²) in [6.45, 7) is -2.62. The van der Waals surface area contributed by atoms with Crippen LogP contribution in [0.1, 0.15) is 12.8 Å². The highest BCUT2D eigenvalue weighted by Crippen LogP contribution is 2.48. The highest BCUT2D eigenvalue weighted by molar-refractivity contribution is 6.37. The van der Waals surface area contributed by atoms with E-state index in [1.54, 1.807) is 0 Å². The number of hydrogen-bond acceptors (Lipinski definition) is 4. The number of hydrogen-bond donors (Lipinski definition) is 0. The molecule has 0 saturated heterocycles. The normalized spacial score (nSPS) is 12.8. The molecule has 0 aromatic heterocycles. The van der Waals surface area contributed by atoms with Gasteiger partial charge in [0.25, 0.3) is 0 Å². The maximum atomic E-state index is 13.2. The first-order valence-corrected chi connectivity index (χ1v) is 8.11.